The van der Waals surface area contributed by atoms with Crippen LogP contribution in [-0.2, 0) is 28.7 Å². The van der Waals surface area contributed by atoms with E-state index in [0.29, 0.717) is 37.7 Å². The van der Waals surface area contributed by atoms with Crippen LogP contribution in [0.15, 0.2) is 22.8 Å². The molecule has 50 heavy (non-hydrogen) atoms. The first-order chi connectivity index (χ1) is 23.3. The summed E-state index contributed by atoms with van der Waals surface area (Å²) in [7, 11) is 1.27. The number of carbonyl (C=O) groups excluding carboxylic acids is 4. The Morgan fingerprint density at radius 2 is 1.64 bits per heavy atom. The molecular weight excluding hydrogens is 636 g/mol. The highest BCUT2D eigenvalue weighted by Crippen LogP contribution is 2.56. The molecule has 4 aliphatic rings. The number of esters is 1. The van der Waals surface area contributed by atoms with E-state index in [1.807, 2.05) is 54.5 Å². The van der Waals surface area contributed by atoms with Gasteiger partial charge >= 0.3 is 5.97 Å². The summed E-state index contributed by atoms with van der Waals surface area (Å²) in [6.07, 6.45) is 3.32. The molecule has 2 aliphatic heterocycles. The van der Waals surface area contributed by atoms with Crippen LogP contribution in [0.4, 0.5) is 0 Å². The molecule has 282 valence electrons. The Morgan fingerprint density at radius 3 is 2.28 bits per heavy atom. The molecule has 0 spiro atoms. The molecule has 9 nitrogen and oxygen atoms in total. The van der Waals surface area contributed by atoms with Gasteiger partial charge in [-0.25, -0.2) is 0 Å². The lowest BCUT2D eigenvalue weighted by Gasteiger charge is -2.49. The lowest BCUT2D eigenvalue weighted by atomic mass is 9.52. The molecule has 0 aromatic carbocycles. The number of hydrogen-bond donors (Lipinski definition) is 3. The predicted molar refractivity (Wildman–Crippen MR) is 191 cm³/mol. The van der Waals surface area contributed by atoms with Gasteiger partial charge in [0, 0.05) is 49.4 Å². The number of ether oxygens (including phenoxy) is 2. The number of aliphatic hydroxyl groups is 3. The summed E-state index contributed by atoms with van der Waals surface area (Å²) in [6.45, 7) is 15.0. The third kappa shape index (κ3) is 8.21. The maximum absolute atomic E-state index is 14.7. The van der Waals surface area contributed by atoms with Crippen LogP contribution in [0, 0.1) is 40.9 Å². The predicted octanol–water partition coefficient (Wildman–Crippen LogP) is 6.25. The molecule has 2 bridgehead atoms. The smallest absolute Gasteiger partial charge is 0.313 e. The first kappa shape index (κ1) is 40.6. The zero-order chi connectivity index (χ0) is 37.3. The van der Waals surface area contributed by atoms with E-state index in [2.05, 4.69) is 0 Å². The molecule has 4 rings (SSSR count). The van der Waals surface area contributed by atoms with E-state index in [1.54, 1.807) is 6.92 Å². The van der Waals surface area contributed by atoms with Gasteiger partial charge in [-0.15, -0.1) is 0 Å². The minimum atomic E-state index is -1.70. The first-order valence-corrected chi connectivity index (χ1v) is 19.1. The molecule has 3 N–H and O–H groups in total. The van der Waals surface area contributed by atoms with Crippen molar-refractivity contribution in [3.05, 3.63) is 22.8 Å². The standard InChI is InChI=1S/C41H64O9/c1-23(2)28-20-31(42)26(5)12-10-11-24(3)18-32(43)29-19-27(6)37-30(41(29,22-33(28)44)38(47)49-9)17-25(4)13-14-35(46)40(8)16-15-36(50-40)39(7,48)21-34(37)45/h17,23-24,26,28-30,34-36,45-46,48H,10-16,18-22H2,1-9H3/b25-17+/t24-,26+,28-,29+,30-,34-,35-,36-,39-,40+,41+/m0/s1. The van der Waals surface area contributed by atoms with Gasteiger partial charge in [-0.2, -0.15) is 0 Å². The molecule has 1 saturated carbocycles. The number of ketones is 3. The second-order valence-electron chi connectivity index (χ2n) is 17.4. The number of rotatable bonds is 2. The van der Waals surface area contributed by atoms with E-state index < -0.39 is 58.7 Å². The van der Waals surface area contributed by atoms with Crippen LogP contribution >= 0.6 is 0 Å². The van der Waals surface area contributed by atoms with E-state index in [9.17, 15) is 34.5 Å². The summed E-state index contributed by atoms with van der Waals surface area (Å²) in [4.78, 5) is 57.4. The van der Waals surface area contributed by atoms with E-state index in [4.69, 9.17) is 9.47 Å². The van der Waals surface area contributed by atoms with Crippen molar-refractivity contribution >= 4 is 23.3 Å². The third-order valence-electron chi connectivity index (χ3n) is 13.0. The van der Waals surface area contributed by atoms with Crippen molar-refractivity contribution in [2.24, 2.45) is 40.9 Å². The van der Waals surface area contributed by atoms with Crippen molar-refractivity contribution < 1.29 is 44.0 Å². The maximum atomic E-state index is 14.7. The van der Waals surface area contributed by atoms with Crippen molar-refractivity contribution in [3.63, 3.8) is 0 Å². The summed E-state index contributed by atoms with van der Waals surface area (Å²) in [5.41, 5.74) is -1.96. The van der Waals surface area contributed by atoms with Gasteiger partial charge < -0.3 is 24.8 Å². The van der Waals surface area contributed by atoms with Crippen LogP contribution in [0.1, 0.15) is 132 Å². The van der Waals surface area contributed by atoms with E-state index in [-0.39, 0.29) is 67.2 Å². The van der Waals surface area contributed by atoms with Crippen molar-refractivity contribution in [2.45, 2.75) is 162 Å². The van der Waals surface area contributed by atoms with Gasteiger partial charge in [0.05, 0.1) is 42.0 Å². The number of aliphatic hydroxyl groups excluding tert-OH is 2. The van der Waals surface area contributed by atoms with Crippen LogP contribution < -0.4 is 0 Å². The molecule has 0 unspecified atom stereocenters. The average molecular weight is 701 g/mol. The minimum Gasteiger partial charge on any atom is -0.469 e. The summed E-state index contributed by atoms with van der Waals surface area (Å²) in [6, 6.07) is 0. The molecule has 11 atom stereocenters. The third-order valence-corrected chi connectivity index (χ3v) is 13.0. The molecule has 1 saturated heterocycles. The molecule has 0 amide bonds. The Hall–Kier alpha value is -2.20. The van der Waals surface area contributed by atoms with E-state index in [0.717, 1.165) is 24.0 Å². The molecule has 2 aliphatic carbocycles. The van der Waals surface area contributed by atoms with Crippen molar-refractivity contribution in [2.75, 3.05) is 7.11 Å². The van der Waals surface area contributed by atoms with Gasteiger partial charge in [0.15, 0.2) is 0 Å². The van der Waals surface area contributed by atoms with Gasteiger partial charge in [0.2, 0.25) is 0 Å². The SMILES string of the molecule is COC(=O)[C@]12CC(=O)[C@H](C(C)C)CC(=O)[C@H](C)CCC[C@H](C)CC(=O)[C@H]1CC(C)=C1[C@@H](O)C[C@](C)(O)[C@@H]3CC[C@@](C)(O3)[C@@H](O)CC/C(C)=C/[C@@H]12. The number of allylic oxidation sites excluding steroid dienone is 3. The van der Waals surface area contributed by atoms with Crippen molar-refractivity contribution in [1.29, 1.82) is 0 Å². The second kappa shape index (κ2) is 15.8. The number of methoxy groups -OCH3 is 1. The summed E-state index contributed by atoms with van der Waals surface area (Å²) in [5, 5.41) is 35.4. The van der Waals surface area contributed by atoms with Crippen molar-refractivity contribution in [1.82, 2.24) is 0 Å². The van der Waals surface area contributed by atoms with Gasteiger partial charge in [-0.1, -0.05) is 57.8 Å². The van der Waals surface area contributed by atoms with Crippen LogP contribution in [-0.4, -0.2) is 75.3 Å². The van der Waals surface area contributed by atoms with Gasteiger partial charge in [0.1, 0.15) is 17.3 Å². The molecule has 0 radical (unpaired) electrons. The molecule has 2 heterocycles. The Balaban J connectivity index is 1.98. The van der Waals surface area contributed by atoms with Gasteiger partial charge in [-0.3, -0.25) is 19.2 Å². The lowest BCUT2D eigenvalue weighted by Crippen LogP contribution is -2.55. The summed E-state index contributed by atoms with van der Waals surface area (Å²) >= 11 is 0. The molecule has 9 heteroatoms. The van der Waals surface area contributed by atoms with Gasteiger partial charge in [0.25, 0.3) is 0 Å². The summed E-state index contributed by atoms with van der Waals surface area (Å²) < 4.78 is 11.9. The quantitative estimate of drug-likeness (QED) is 0.225. The van der Waals surface area contributed by atoms with Crippen LogP contribution in [0.2, 0.25) is 0 Å². The number of hydrogen-bond acceptors (Lipinski definition) is 9. The monoisotopic (exact) mass is 700 g/mol. The van der Waals surface area contributed by atoms with Gasteiger partial charge in [-0.05, 0) is 83.6 Å². The van der Waals surface area contributed by atoms with Crippen LogP contribution in [0.3, 0.4) is 0 Å². The Labute approximate surface area is 299 Å². The topological polar surface area (TPSA) is 147 Å². The number of carbonyl (C=O) groups is 4. The van der Waals surface area contributed by atoms with Crippen LogP contribution in [0.5, 0.6) is 0 Å². The highest BCUT2D eigenvalue weighted by Gasteiger charge is 2.60. The highest BCUT2D eigenvalue weighted by atomic mass is 16.5. The zero-order valence-corrected chi connectivity index (χ0v) is 32.0. The fourth-order valence-corrected chi connectivity index (χ4v) is 9.56. The fraction of sp³-hybridized carbons (Fsp3) is 0.805. The molecular formula is C41H64O9. The molecule has 0 aromatic rings. The Bertz CT molecular complexity index is 1360. The Kier molecular flexibility index (Phi) is 12.8. The fourth-order valence-electron chi connectivity index (χ4n) is 9.56. The highest BCUT2D eigenvalue weighted by molar-refractivity contribution is 5.97. The minimum absolute atomic E-state index is 0.00387. The first-order valence-electron chi connectivity index (χ1n) is 19.1. The van der Waals surface area contributed by atoms with E-state index >= 15 is 0 Å². The zero-order valence-electron chi connectivity index (χ0n) is 32.0. The number of Topliss-reactive ketones (excluding diaryl/α,β-unsaturated/α-hetero) is 3. The largest absolute Gasteiger partial charge is 0.469 e. The second-order valence-corrected chi connectivity index (χ2v) is 17.4. The lowest BCUT2D eigenvalue weighted by molar-refractivity contribution is -0.169. The molecule has 2 fully saturated rings. The average Bonchev–Trinajstić information content (AvgIpc) is 3.45. The van der Waals surface area contributed by atoms with Crippen molar-refractivity contribution in [3.8, 4) is 0 Å². The Morgan fingerprint density at radius 1 is 0.960 bits per heavy atom. The maximum Gasteiger partial charge on any atom is 0.313 e. The molecule has 0 aromatic heterocycles. The number of fused-ring (bicyclic) bond motifs is 5. The normalized spacial score (nSPS) is 42.7. The summed E-state index contributed by atoms with van der Waals surface area (Å²) in [5.74, 6) is -3.92. The van der Waals surface area contributed by atoms with E-state index in [1.165, 1.54) is 7.11 Å². The van der Waals surface area contributed by atoms with Crippen LogP contribution in [0.25, 0.3) is 0 Å².